The van der Waals surface area contributed by atoms with Gasteiger partial charge in [-0.25, -0.2) is 0 Å². The van der Waals surface area contributed by atoms with Crippen LogP contribution in [0.5, 0.6) is 0 Å². The molecule has 1 nitrogen and oxygen atoms in total. The highest BCUT2D eigenvalue weighted by molar-refractivity contribution is 5.57. The van der Waals surface area contributed by atoms with Gasteiger partial charge in [0.05, 0.1) is 0 Å². The summed E-state index contributed by atoms with van der Waals surface area (Å²) >= 11 is 0. The molecule has 1 aromatic rings. The molecule has 0 aliphatic heterocycles. The van der Waals surface area contributed by atoms with Gasteiger partial charge in [-0.3, -0.25) is 0 Å². The molecule has 3 atom stereocenters. The highest BCUT2D eigenvalue weighted by Crippen LogP contribution is 2.32. The molecule has 23 heavy (non-hydrogen) atoms. The van der Waals surface area contributed by atoms with E-state index in [1.54, 1.807) is 11.1 Å². The zero-order valence-electron chi connectivity index (χ0n) is 16.6. The van der Waals surface area contributed by atoms with Crippen molar-refractivity contribution in [3.8, 4) is 0 Å². The number of anilines is 1. The molecule has 0 spiro atoms. The summed E-state index contributed by atoms with van der Waals surface area (Å²) in [6.45, 7) is 16.2. The molecule has 132 valence electrons. The molecule has 0 bridgehead atoms. The Morgan fingerprint density at radius 2 is 1.13 bits per heavy atom. The van der Waals surface area contributed by atoms with Crippen molar-refractivity contribution in [2.45, 2.75) is 87.0 Å². The summed E-state index contributed by atoms with van der Waals surface area (Å²) in [6.07, 6.45) is 7.20. The molecule has 0 saturated heterocycles. The Hall–Kier alpha value is -0.980. The smallest absolute Gasteiger partial charge is 0.0352 e. The van der Waals surface area contributed by atoms with Gasteiger partial charge in [0, 0.05) is 5.69 Å². The molecule has 0 aliphatic carbocycles. The third-order valence-electron chi connectivity index (χ3n) is 5.67. The molecule has 0 radical (unpaired) electrons. The van der Waals surface area contributed by atoms with Crippen molar-refractivity contribution in [2.75, 3.05) is 5.73 Å². The van der Waals surface area contributed by atoms with Gasteiger partial charge < -0.3 is 5.73 Å². The van der Waals surface area contributed by atoms with Gasteiger partial charge in [-0.1, -0.05) is 60.8 Å². The Kier molecular flexibility index (Phi) is 8.16. The first-order chi connectivity index (χ1) is 10.8. The first-order valence-corrected chi connectivity index (χ1v) is 9.73. The van der Waals surface area contributed by atoms with Crippen LogP contribution in [0.15, 0.2) is 6.07 Å². The van der Waals surface area contributed by atoms with E-state index in [0.717, 1.165) is 23.9 Å². The normalized spacial score (nSPS) is 15.4. The van der Waals surface area contributed by atoms with E-state index < -0.39 is 0 Å². The van der Waals surface area contributed by atoms with Crippen molar-refractivity contribution in [1.82, 2.24) is 0 Å². The van der Waals surface area contributed by atoms with E-state index >= 15 is 0 Å². The van der Waals surface area contributed by atoms with Crippen molar-refractivity contribution >= 4 is 5.69 Å². The second-order valence-corrected chi connectivity index (χ2v) is 7.87. The molecule has 3 unspecified atom stereocenters. The summed E-state index contributed by atoms with van der Waals surface area (Å²) in [5.74, 6) is 2.17. The molecule has 0 amide bonds. The third kappa shape index (κ3) is 5.55. The van der Waals surface area contributed by atoms with Crippen LogP contribution >= 0.6 is 0 Å². The molecule has 1 rings (SSSR count). The predicted molar refractivity (Wildman–Crippen MR) is 105 cm³/mol. The zero-order valence-corrected chi connectivity index (χ0v) is 16.6. The van der Waals surface area contributed by atoms with Gasteiger partial charge in [0.15, 0.2) is 0 Å². The van der Waals surface area contributed by atoms with Crippen molar-refractivity contribution in [2.24, 2.45) is 17.8 Å². The maximum absolute atomic E-state index is 6.47. The molecule has 1 aromatic carbocycles. The zero-order chi connectivity index (χ0) is 17.6. The minimum atomic E-state index is 0.701. The lowest BCUT2D eigenvalue weighted by Gasteiger charge is -2.25. The van der Waals surface area contributed by atoms with Gasteiger partial charge >= 0.3 is 0 Å². The van der Waals surface area contributed by atoms with Gasteiger partial charge in [0.2, 0.25) is 0 Å². The molecular weight excluding hydrogens is 278 g/mol. The van der Waals surface area contributed by atoms with Crippen LogP contribution in [0.4, 0.5) is 5.69 Å². The predicted octanol–water partition coefficient (Wildman–Crippen LogP) is 6.34. The van der Waals surface area contributed by atoms with Crippen molar-refractivity contribution in [3.63, 3.8) is 0 Å². The number of benzene rings is 1. The lowest BCUT2D eigenvalue weighted by Crippen LogP contribution is -2.14. The Morgan fingerprint density at radius 1 is 0.739 bits per heavy atom. The third-order valence-corrected chi connectivity index (χ3v) is 5.67. The van der Waals surface area contributed by atoms with E-state index in [1.807, 2.05) is 0 Å². The number of hydrogen-bond donors (Lipinski definition) is 1. The Labute approximate surface area is 145 Å². The fourth-order valence-electron chi connectivity index (χ4n) is 3.25. The maximum atomic E-state index is 6.47. The fourth-order valence-corrected chi connectivity index (χ4v) is 3.25. The highest BCUT2D eigenvalue weighted by Gasteiger charge is 2.19. The molecule has 2 N–H and O–H groups in total. The molecule has 0 heterocycles. The summed E-state index contributed by atoms with van der Waals surface area (Å²) < 4.78 is 0. The second kappa shape index (κ2) is 9.35. The summed E-state index contributed by atoms with van der Waals surface area (Å²) in [6, 6.07) is 2.23. The number of hydrogen-bond acceptors (Lipinski definition) is 1. The van der Waals surface area contributed by atoms with Crippen molar-refractivity contribution in [1.29, 1.82) is 0 Å². The van der Waals surface area contributed by atoms with Crippen LogP contribution < -0.4 is 5.73 Å². The summed E-state index contributed by atoms with van der Waals surface area (Å²) in [7, 11) is 0. The SMILES string of the molecule is CCC(C)Cc1c(C)cc(N)c(CC(C)CC)c1CC(C)CC. The Balaban J connectivity index is 3.37. The average molecular weight is 318 g/mol. The topological polar surface area (TPSA) is 26.0 Å². The van der Waals surface area contributed by atoms with Gasteiger partial charge in [0.25, 0.3) is 0 Å². The molecule has 0 saturated carbocycles. The molecule has 0 fully saturated rings. The largest absolute Gasteiger partial charge is 0.398 e. The van der Waals surface area contributed by atoms with Crippen LogP contribution in [0.2, 0.25) is 0 Å². The summed E-state index contributed by atoms with van der Waals surface area (Å²) in [4.78, 5) is 0. The molecule has 1 heteroatoms. The standard InChI is InChI=1S/C22H39N/c1-8-15(4)11-19-18(7)14-22(23)21(13-17(6)10-3)20(19)12-16(5)9-2/h14-17H,8-13,23H2,1-7H3. The van der Waals surface area contributed by atoms with Crippen LogP contribution in [0.25, 0.3) is 0 Å². The Morgan fingerprint density at radius 3 is 1.57 bits per heavy atom. The van der Waals surface area contributed by atoms with E-state index in [-0.39, 0.29) is 0 Å². The minimum Gasteiger partial charge on any atom is -0.398 e. The van der Waals surface area contributed by atoms with Gasteiger partial charge in [-0.05, 0) is 72.3 Å². The number of nitrogens with two attached hydrogens (primary N) is 1. The van der Waals surface area contributed by atoms with Crippen LogP contribution in [-0.4, -0.2) is 0 Å². The van der Waals surface area contributed by atoms with Crippen LogP contribution in [-0.2, 0) is 19.3 Å². The van der Waals surface area contributed by atoms with Crippen LogP contribution in [0.1, 0.15) is 83.1 Å². The van der Waals surface area contributed by atoms with Gasteiger partial charge in [-0.2, -0.15) is 0 Å². The van der Waals surface area contributed by atoms with Crippen molar-refractivity contribution in [3.05, 3.63) is 28.3 Å². The number of rotatable bonds is 9. The quantitative estimate of drug-likeness (QED) is 0.528. The number of nitrogen functional groups attached to an aromatic ring is 1. The summed E-state index contributed by atoms with van der Waals surface area (Å²) in [5, 5.41) is 0. The molecule has 0 aromatic heterocycles. The molecular formula is C22H39N. The lowest BCUT2D eigenvalue weighted by atomic mass is 9.81. The first kappa shape index (κ1) is 20.1. The second-order valence-electron chi connectivity index (χ2n) is 7.87. The maximum Gasteiger partial charge on any atom is 0.0352 e. The molecule has 0 aliphatic rings. The van der Waals surface area contributed by atoms with E-state index in [0.29, 0.717) is 5.92 Å². The average Bonchev–Trinajstić information content (AvgIpc) is 2.53. The first-order valence-electron chi connectivity index (χ1n) is 9.73. The monoisotopic (exact) mass is 317 g/mol. The highest BCUT2D eigenvalue weighted by atomic mass is 14.6. The fraction of sp³-hybridized carbons (Fsp3) is 0.727. The van der Waals surface area contributed by atoms with Gasteiger partial charge in [0.1, 0.15) is 0 Å². The lowest BCUT2D eigenvalue weighted by molar-refractivity contribution is 0.523. The summed E-state index contributed by atoms with van der Waals surface area (Å²) in [5.41, 5.74) is 13.5. The van der Waals surface area contributed by atoms with Gasteiger partial charge in [-0.15, -0.1) is 0 Å². The Bertz CT molecular complexity index is 453. The van der Waals surface area contributed by atoms with E-state index in [9.17, 15) is 0 Å². The van der Waals surface area contributed by atoms with Crippen molar-refractivity contribution < 1.29 is 0 Å². The van der Waals surface area contributed by atoms with E-state index in [1.165, 1.54) is 43.2 Å². The minimum absolute atomic E-state index is 0.701. The van der Waals surface area contributed by atoms with Crippen LogP contribution in [0.3, 0.4) is 0 Å². The number of aryl methyl sites for hydroxylation is 1. The van der Waals surface area contributed by atoms with E-state index in [2.05, 4.69) is 54.5 Å². The van der Waals surface area contributed by atoms with Crippen LogP contribution in [0, 0.1) is 24.7 Å². The van der Waals surface area contributed by atoms with E-state index in [4.69, 9.17) is 5.73 Å².